The number of carbonyl (C=O) groups excluding carboxylic acids is 1. The Morgan fingerprint density at radius 2 is 1.56 bits per heavy atom. The third kappa shape index (κ3) is 5.65. The van der Waals surface area contributed by atoms with Crippen molar-refractivity contribution < 1.29 is 4.79 Å². The molecule has 0 atom stereocenters. The summed E-state index contributed by atoms with van der Waals surface area (Å²) in [6.45, 7) is 14.1. The lowest BCUT2D eigenvalue weighted by Gasteiger charge is -2.40. The molecular weight excluding hydrogens is 458 g/mol. The molecule has 34 heavy (non-hydrogen) atoms. The number of aromatic nitrogens is 2. The molecule has 0 spiro atoms. The lowest BCUT2D eigenvalue weighted by Crippen LogP contribution is -2.42. The summed E-state index contributed by atoms with van der Waals surface area (Å²) < 4.78 is 0. The van der Waals surface area contributed by atoms with Gasteiger partial charge < -0.3 is 5.32 Å². The number of pyridine rings is 2. The lowest BCUT2D eigenvalue weighted by molar-refractivity contribution is 0.102. The van der Waals surface area contributed by atoms with Crippen LogP contribution < -0.4 is 5.32 Å². The second-order valence-electron chi connectivity index (χ2n) is 9.61. The van der Waals surface area contributed by atoms with Crippen molar-refractivity contribution >= 4 is 37.3 Å². The van der Waals surface area contributed by atoms with E-state index < -0.39 is 8.07 Å². The summed E-state index contributed by atoms with van der Waals surface area (Å²) in [6.07, 6.45) is 3.96. The highest BCUT2D eigenvalue weighted by atomic mass is 35.5. The molecule has 0 aliphatic carbocycles. The Balaban J connectivity index is 2.03. The van der Waals surface area contributed by atoms with Gasteiger partial charge in [-0.25, -0.2) is 4.98 Å². The SMILES string of the molecule is CC(C)[Si](/C=C/c1ccc(C(=O)Nc2ccc(Cl)cc2)nc1-c1ccccn1)(C(C)C)C(C)C. The summed E-state index contributed by atoms with van der Waals surface area (Å²) in [7, 11) is -1.74. The molecule has 0 radical (unpaired) electrons. The molecule has 0 fully saturated rings. The first-order chi connectivity index (χ1) is 16.1. The summed E-state index contributed by atoms with van der Waals surface area (Å²) in [5.74, 6) is -0.273. The average Bonchev–Trinajstić information content (AvgIpc) is 2.81. The van der Waals surface area contributed by atoms with E-state index in [0.717, 1.165) is 11.3 Å². The van der Waals surface area contributed by atoms with Crippen molar-refractivity contribution in [3.8, 4) is 11.4 Å². The highest BCUT2D eigenvalue weighted by Crippen LogP contribution is 2.43. The maximum atomic E-state index is 12.9. The largest absolute Gasteiger partial charge is 0.321 e. The van der Waals surface area contributed by atoms with Gasteiger partial charge in [-0.15, -0.1) is 0 Å². The predicted molar refractivity (Wildman–Crippen MR) is 147 cm³/mol. The van der Waals surface area contributed by atoms with Crippen LogP contribution in [0, 0.1) is 0 Å². The average molecular weight is 492 g/mol. The number of anilines is 1. The Labute approximate surface area is 209 Å². The van der Waals surface area contributed by atoms with Crippen LogP contribution in [-0.4, -0.2) is 23.9 Å². The number of benzene rings is 1. The molecule has 1 N–H and O–H groups in total. The zero-order valence-electron chi connectivity index (χ0n) is 20.8. The van der Waals surface area contributed by atoms with Crippen molar-refractivity contribution in [3.63, 3.8) is 0 Å². The van der Waals surface area contributed by atoms with Gasteiger partial charge >= 0.3 is 0 Å². The molecule has 4 nitrogen and oxygen atoms in total. The minimum atomic E-state index is -1.74. The Morgan fingerprint density at radius 1 is 0.912 bits per heavy atom. The zero-order valence-corrected chi connectivity index (χ0v) is 22.6. The lowest BCUT2D eigenvalue weighted by atomic mass is 10.1. The Bertz CT molecular complexity index is 1120. The van der Waals surface area contributed by atoms with E-state index in [1.54, 1.807) is 36.5 Å². The smallest absolute Gasteiger partial charge is 0.274 e. The van der Waals surface area contributed by atoms with Gasteiger partial charge in [0.05, 0.1) is 19.5 Å². The number of hydrogen-bond donors (Lipinski definition) is 1. The van der Waals surface area contributed by atoms with Gasteiger partial charge in [-0.1, -0.05) is 77.1 Å². The van der Waals surface area contributed by atoms with Gasteiger partial charge in [0.15, 0.2) is 0 Å². The van der Waals surface area contributed by atoms with E-state index in [1.807, 2.05) is 24.3 Å². The number of nitrogens with one attached hydrogen (secondary N) is 1. The van der Waals surface area contributed by atoms with Gasteiger partial charge in [0.2, 0.25) is 0 Å². The fraction of sp³-hybridized carbons (Fsp3) is 0.321. The second kappa shape index (κ2) is 11.1. The van der Waals surface area contributed by atoms with E-state index in [2.05, 4.69) is 63.6 Å². The molecule has 0 unspecified atom stereocenters. The number of amides is 1. The maximum Gasteiger partial charge on any atom is 0.274 e. The van der Waals surface area contributed by atoms with Crippen molar-refractivity contribution in [1.82, 2.24) is 9.97 Å². The first kappa shape index (κ1) is 25.9. The van der Waals surface area contributed by atoms with Crippen molar-refractivity contribution in [2.75, 3.05) is 5.32 Å². The van der Waals surface area contributed by atoms with Gasteiger partial charge in [-0.3, -0.25) is 9.78 Å². The third-order valence-electron chi connectivity index (χ3n) is 6.72. The van der Waals surface area contributed by atoms with Crippen molar-refractivity contribution in [2.45, 2.75) is 58.2 Å². The summed E-state index contributed by atoms with van der Waals surface area (Å²) >= 11 is 5.96. The monoisotopic (exact) mass is 491 g/mol. The van der Waals surface area contributed by atoms with E-state index in [9.17, 15) is 4.79 Å². The number of hydrogen-bond acceptors (Lipinski definition) is 3. The zero-order chi connectivity index (χ0) is 24.9. The standard InChI is InChI=1S/C28H34ClN3OSi/c1-19(2)34(20(3)4,21(5)6)18-16-22-10-15-26(32-27(22)25-9-7-8-17-30-25)28(33)31-24-13-11-23(29)12-14-24/h7-21H,1-6H3,(H,31,33)/b18-16+. The summed E-state index contributed by atoms with van der Waals surface area (Å²) in [6, 6.07) is 16.5. The normalized spacial score (nSPS) is 12.2. The molecule has 2 heterocycles. The molecule has 2 aromatic heterocycles. The van der Waals surface area contributed by atoms with Gasteiger partial charge in [0, 0.05) is 22.5 Å². The Hall–Kier alpha value is -2.76. The summed E-state index contributed by atoms with van der Waals surface area (Å²) in [4.78, 5) is 22.2. The first-order valence-electron chi connectivity index (χ1n) is 11.8. The molecule has 0 saturated heterocycles. The van der Waals surface area contributed by atoms with E-state index in [1.165, 1.54) is 0 Å². The highest BCUT2D eigenvalue weighted by Gasteiger charge is 2.40. The van der Waals surface area contributed by atoms with Crippen LogP contribution >= 0.6 is 11.6 Å². The number of halogens is 1. The summed E-state index contributed by atoms with van der Waals surface area (Å²) in [5.41, 5.74) is 7.74. The molecule has 0 bridgehead atoms. The fourth-order valence-electron chi connectivity index (χ4n) is 4.98. The molecule has 1 aromatic carbocycles. The molecule has 0 aliphatic heterocycles. The van der Waals surface area contributed by atoms with E-state index >= 15 is 0 Å². The Morgan fingerprint density at radius 3 is 2.12 bits per heavy atom. The molecule has 178 valence electrons. The van der Waals surface area contributed by atoms with E-state index in [4.69, 9.17) is 16.6 Å². The predicted octanol–water partition coefficient (Wildman–Crippen LogP) is 8.28. The van der Waals surface area contributed by atoms with Crippen LogP contribution in [0.4, 0.5) is 5.69 Å². The number of rotatable bonds is 8. The maximum absolute atomic E-state index is 12.9. The molecule has 0 aliphatic rings. The van der Waals surface area contributed by atoms with E-state index in [-0.39, 0.29) is 5.91 Å². The number of nitrogens with zero attached hydrogens (tertiary/aromatic N) is 2. The second-order valence-corrected chi connectivity index (χ2v) is 15.8. The fourth-order valence-corrected chi connectivity index (χ4v) is 10.7. The third-order valence-corrected chi connectivity index (χ3v) is 13.7. The van der Waals surface area contributed by atoms with Crippen molar-refractivity contribution in [2.24, 2.45) is 0 Å². The Kier molecular flexibility index (Phi) is 8.45. The van der Waals surface area contributed by atoms with Crippen molar-refractivity contribution in [1.29, 1.82) is 0 Å². The van der Waals surface area contributed by atoms with Crippen LogP contribution in [0.5, 0.6) is 0 Å². The molecule has 0 saturated carbocycles. The van der Waals surface area contributed by atoms with Crippen LogP contribution in [0.1, 0.15) is 57.6 Å². The quantitative estimate of drug-likeness (QED) is 0.322. The molecule has 3 rings (SSSR count). The van der Waals surface area contributed by atoms with E-state index in [0.29, 0.717) is 38.7 Å². The minimum Gasteiger partial charge on any atom is -0.321 e. The van der Waals surface area contributed by atoms with Crippen LogP contribution in [0.2, 0.25) is 21.6 Å². The highest BCUT2D eigenvalue weighted by molar-refractivity contribution is 6.88. The van der Waals surface area contributed by atoms with Crippen molar-refractivity contribution in [3.05, 3.63) is 82.8 Å². The topological polar surface area (TPSA) is 54.9 Å². The van der Waals surface area contributed by atoms with Crippen LogP contribution in [0.15, 0.2) is 66.5 Å². The van der Waals surface area contributed by atoms with Gasteiger partial charge in [-0.2, -0.15) is 0 Å². The van der Waals surface area contributed by atoms with Crippen LogP contribution in [-0.2, 0) is 0 Å². The summed E-state index contributed by atoms with van der Waals surface area (Å²) in [5, 5.41) is 3.51. The molecular formula is C28H34ClN3OSi. The van der Waals surface area contributed by atoms with Crippen LogP contribution in [0.25, 0.3) is 17.5 Å². The number of carbonyl (C=O) groups is 1. The van der Waals surface area contributed by atoms with Gasteiger partial charge in [0.25, 0.3) is 5.91 Å². The first-order valence-corrected chi connectivity index (χ1v) is 14.5. The van der Waals surface area contributed by atoms with Gasteiger partial charge in [-0.05, 0) is 59.1 Å². The minimum absolute atomic E-state index is 0.273. The molecule has 6 heteroatoms. The molecule has 3 aromatic rings. The van der Waals surface area contributed by atoms with Crippen LogP contribution in [0.3, 0.4) is 0 Å². The van der Waals surface area contributed by atoms with Gasteiger partial charge in [0.1, 0.15) is 5.69 Å². The molecule has 1 amide bonds.